The average Bonchev–Trinajstić information content (AvgIpc) is 3.27. The van der Waals surface area contributed by atoms with Gasteiger partial charge in [0.1, 0.15) is 12.4 Å². The fraction of sp³-hybridized carbons (Fsp3) is 0.0952. The molecule has 0 unspecified atom stereocenters. The minimum absolute atomic E-state index is 0.0551. The number of Topliss-reactive ketones (excluding diaryl/α,β-unsaturated/α-hetero) is 1. The van der Waals surface area contributed by atoms with Gasteiger partial charge in [-0.3, -0.25) is 9.59 Å². The number of carbonyl (C=O) groups is 3. The number of para-hydroxylation sites is 1. The molecule has 2 aromatic carbocycles. The number of ether oxygens (including phenoxy) is 1. The van der Waals surface area contributed by atoms with Gasteiger partial charge in [0.25, 0.3) is 11.7 Å². The first kappa shape index (κ1) is 17.5. The third-order valence-corrected chi connectivity index (χ3v) is 4.46. The Morgan fingerprint density at radius 3 is 2.57 bits per heavy atom. The quantitative estimate of drug-likeness (QED) is 0.404. The Morgan fingerprint density at radius 1 is 1.11 bits per heavy atom. The number of phenolic OH excluding ortho intramolecular Hbond substituents is 1. The summed E-state index contributed by atoms with van der Waals surface area (Å²) in [6, 6.07) is 14.1. The first-order valence-corrected chi connectivity index (χ1v) is 8.60. The van der Waals surface area contributed by atoms with Crippen molar-refractivity contribution < 1.29 is 24.2 Å². The molecule has 0 radical (unpaired) electrons. The largest absolute Gasteiger partial charge is 0.508 e. The maximum Gasteiger partial charge on any atom is 0.333 e. The molecular formula is C21H16N2O5. The van der Waals surface area contributed by atoms with Crippen molar-refractivity contribution in [1.82, 2.24) is 9.88 Å². The summed E-state index contributed by atoms with van der Waals surface area (Å²) in [6.45, 7) is 0.420. The van der Waals surface area contributed by atoms with Crippen LogP contribution in [0, 0.1) is 0 Å². The SMILES string of the molecule is O=C1C=C(NC(=O)C(=O)c2cn(Cc3ccc(O)cc3)c3ccccc23)CO1. The van der Waals surface area contributed by atoms with Gasteiger partial charge in [0, 0.05) is 29.7 Å². The smallest absolute Gasteiger partial charge is 0.333 e. The van der Waals surface area contributed by atoms with Crippen molar-refractivity contribution >= 4 is 28.6 Å². The average molecular weight is 376 g/mol. The molecular weight excluding hydrogens is 360 g/mol. The summed E-state index contributed by atoms with van der Waals surface area (Å²) in [4.78, 5) is 36.2. The number of ketones is 1. The maximum atomic E-state index is 12.7. The van der Waals surface area contributed by atoms with Gasteiger partial charge in [0.05, 0.1) is 11.3 Å². The number of phenols is 1. The van der Waals surface area contributed by atoms with E-state index in [1.807, 2.05) is 16.7 Å². The molecule has 0 atom stereocenters. The third-order valence-electron chi connectivity index (χ3n) is 4.46. The summed E-state index contributed by atoms with van der Waals surface area (Å²) in [5.74, 6) is -1.89. The van der Waals surface area contributed by atoms with Crippen molar-refractivity contribution in [3.63, 3.8) is 0 Å². The zero-order valence-electron chi connectivity index (χ0n) is 14.7. The molecule has 2 N–H and O–H groups in total. The molecule has 0 aliphatic carbocycles. The maximum absolute atomic E-state index is 12.7. The van der Waals surface area contributed by atoms with Gasteiger partial charge < -0.3 is 19.7 Å². The van der Waals surface area contributed by atoms with Crippen LogP contribution in [0.4, 0.5) is 0 Å². The van der Waals surface area contributed by atoms with Crippen LogP contribution in [-0.4, -0.2) is 33.9 Å². The number of hydrogen-bond donors (Lipinski definition) is 2. The van der Waals surface area contributed by atoms with Crippen LogP contribution < -0.4 is 5.32 Å². The Bertz CT molecular complexity index is 1130. The summed E-state index contributed by atoms with van der Waals surface area (Å²) in [5, 5.41) is 12.5. The van der Waals surface area contributed by atoms with E-state index in [1.54, 1.807) is 42.6 Å². The van der Waals surface area contributed by atoms with E-state index < -0.39 is 17.7 Å². The number of fused-ring (bicyclic) bond motifs is 1. The minimum atomic E-state index is -0.822. The molecule has 1 aliphatic rings. The van der Waals surface area contributed by atoms with Crippen molar-refractivity contribution in [1.29, 1.82) is 0 Å². The van der Waals surface area contributed by atoms with Crippen LogP contribution in [0.5, 0.6) is 5.75 Å². The standard InChI is InChI=1S/C21H16N2O5/c24-15-7-5-13(6-8-15)10-23-11-17(16-3-1-2-4-18(16)23)20(26)21(27)22-14-9-19(25)28-12-14/h1-9,11,24H,10,12H2,(H,22,27). The van der Waals surface area contributed by atoms with Crippen LogP contribution in [0.1, 0.15) is 15.9 Å². The third kappa shape index (κ3) is 3.37. The van der Waals surface area contributed by atoms with Gasteiger partial charge in [-0.1, -0.05) is 30.3 Å². The normalized spacial score (nSPS) is 13.3. The number of aromatic nitrogens is 1. The number of cyclic esters (lactones) is 1. The number of esters is 1. The zero-order valence-corrected chi connectivity index (χ0v) is 14.7. The predicted octanol–water partition coefficient (Wildman–Crippen LogP) is 2.13. The van der Waals surface area contributed by atoms with Gasteiger partial charge in [-0.15, -0.1) is 0 Å². The van der Waals surface area contributed by atoms with Crippen LogP contribution >= 0.6 is 0 Å². The lowest BCUT2D eigenvalue weighted by atomic mass is 10.1. The number of nitrogens with zero attached hydrogens (tertiary/aromatic N) is 1. The number of hydrogen-bond acceptors (Lipinski definition) is 5. The Morgan fingerprint density at radius 2 is 1.86 bits per heavy atom. The first-order chi connectivity index (χ1) is 13.5. The van der Waals surface area contributed by atoms with E-state index >= 15 is 0 Å². The topological polar surface area (TPSA) is 97.6 Å². The Balaban J connectivity index is 1.64. The summed E-state index contributed by atoms with van der Waals surface area (Å²) in [7, 11) is 0. The fourth-order valence-corrected chi connectivity index (χ4v) is 3.13. The highest BCUT2D eigenvalue weighted by atomic mass is 16.5. The lowest BCUT2D eigenvalue weighted by Crippen LogP contribution is -2.31. The molecule has 0 fully saturated rings. The van der Waals surface area contributed by atoms with Crippen LogP contribution in [0.25, 0.3) is 10.9 Å². The highest BCUT2D eigenvalue weighted by molar-refractivity contribution is 6.45. The van der Waals surface area contributed by atoms with Crippen LogP contribution in [0.15, 0.2) is 66.5 Å². The molecule has 7 nitrogen and oxygen atoms in total. The number of carbonyl (C=O) groups excluding carboxylic acids is 3. The second kappa shape index (κ2) is 7.03. The molecule has 1 amide bonds. The molecule has 1 aromatic heterocycles. The van der Waals surface area contributed by atoms with E-state index in [0.717, 1.165) is 17.2 Å². The molecule has 28 heavy (non-hydrogen) atoms. The summed E-state index contributed by atoms with van der Waals surface area (Å²) < 4.78 is 6.60. The molecule has 0 spiro atoms. The molecule has 4 rings (SSSR count). The minimum Gasteiger partial charge on any atom is -0.508 e. The zero-order chi connectivity index (χ0) is 19.7. The van der Waals surface area contributed by atoms with E-state index in [2.05, 4.69) is 5.32 Å². The van der Waals surface area contributed by atoms with Gasteiger partial charge in [-0.05, 0) is 23.8 Å². The summed E-state index contributed by atoms with van der Waals surface area (Å²) >= 11 is 0. The molecule has 140 valence electrons. The molecule has 0 saturated heterocycles. The second-order valence-electron chi connectivity index (χ2n) is 6.41. The van der Waals surface area contributed by atoms with Crippen molar-refractivity contribution in [2.75, 3.05) is 6.61 Å². The number of rotatable bonds is 5. The first-order valence-electron chi connectivity index (χ1n) is 8.60. The number of aromatic hydroxyl groups is 1. The summed E-state index contributed by atoms with van der Waals surface area (Å²) in [6.07, 6.45) is 2.80. The molecule has 0 bridgehead atoms. The van der Waals surface area contributed by atoms with E-state index in [0.29, 0.717) is 11.9 Å². The van der Waals surface area contributed by atoms with E-state index in [-0.39, 0.29) is 23.6 Å². The van der Waals surface area contributed by atoms with E-state index in [1.165, 1.54) is 0 Å². The van der Waals surface area contributed by atoms with Crippen molar-refractivity contribution in [2.24, 2.45) is 0 Å². The van der Waals surface area contributed by atoms with Crippen LogP contribution in [-0.2, 0) is 20.9 Å². The Hall–Kier alpha value is -3.87. The molecule has 0 saturated carbocycles. The van der Waals surface area contributed by atoms with Gasteiger partial charge in [0.15, 0.2) is 0 Å². The van der Waals surface area contributed by atoms with Crippen molar-refractivity contribution in [2.45, 2.75) is 6.54 Å². The van der Waals surface area contributed by atoms with E-state index in [9.17, 15) is 19.5 Å². The summed E-state index contributed by atoms with van der Waals surface area (Å²) in [5.41, 5.74) is 2.29. The van der Waals surface area contributed by atoms with Gasteiger partial charge in [0.2, 0.25) is 0 Å². The highest BCUT2D eigenvalue weighted by Crippen LogP contribution is 2.23. The second-order valence-corrected chi connectivity index (χ2v) is 6.41. The number of nitrogens with one attached hydrogen (secondary N) is 1. The van der Waals surface area contributed by atoms with Crippen molar-refractivity contribution in [3.8, 4) is 5.75 Å². The van der Waals surface area contributed by atoms with E-state index in [4.69, 9.17) is 4.74 Å². The van der Waals surface area contributed by atoms with Crippen molar-refractivity contribution in [3.05, 3.63) is 77.6 Å². The molecule has 2 heterocycles. The lowest BCUT2D eigenvalue weighted by Gasteiger charge is -2.05. The number of amides is 1. The highest BCUT2D eigenvalue weighted by Gasteiger charge is 2.24. The lowest BCUT2D eigenvalue weighted by molar-refractivity contribution is -0.135. The Kier molecular flexibility index (Phi) is 4.41. The van der Waals surface area contributed by atoms with Crippen LogP contribution in [0.3, 0.4) is 0 Å². The van der Waals surface area contributed by atoms with Gasteiger partial charge in [-0.25, -0.2) is 4.79 Å². The molecule has 7 heteroatoms. The Labute approximate surface area is 159 Å². The van der Waals surface area contributed by atoms with Gasteiger partial charge in [-0.2, -0.15) is 0 Å². The number of benzene rings is 2. The fourth-order valence-electron chi connectivity index (χ4n) is 3.13. The van der Waals surface area contributed by atoms with Gasteiger partial charge >= 0.3 is 5.97 Å². The van der Waals surface area contributed by atoms with Crippen LogP contribution in [0.2, 0.25) is 0 Å². The monoisotopic (exact) mass is 376 g/mol. The molecule has 3 aromatic rings. The predicted molar refractivity (Wildman–Crippen MR) is 101 cm³/mol. The molecule has 1 aliphatic heterocycles.